The van der Waals surface area contributed by atoms with Crippen LogP contribution < -0.4 is 5.73 Å². The van der Waals surface area contributed by atoms with Crippen LogP contribution in [0.25, 0.3) is 0 Å². The molecule has 0 heterocycles. The summed E-state index contributed by atoms with van der Waals surface area (Å²) in [5, 5.41) is 7.00. The summed E-state index contributed by atoms with van der Waals surface area (Å²) in [6.07, 6.45) is 0. The second-order valence-corrected chi connectivity index (χ2v) is 3.18. The molecule has 0 spiro atoms. The quantitative estimate of drug-likeness (QED) is 0.448. The number of rotatable bonds is 3. The molecule has 2 nitrogen and oxygen atoms in total. The van der Waals surface area contributed by atoms with Gasteiger partial charge >= 0.3 is 0 Å². The maximum atomic E-state index is 7.00. The minimum Gasteiger partial charge on any atom is -0.387 e. The lowest BCUT2D eigenvalue weighted by molar-refractivity contribution is 1.41. The lowest BCUT2D eigenvalue weighted by Gasteiger charge is -1.97. The third-order valence-corrected chi connectivity index (χ3v) is 2.20. The van der Waals surface area contributed by atoms with Crippen LogP contribution in [0.2, 0.25) is 0 Å². The van der Waals surface area contributed by atoms with E-state index in [2.05, 4.69) is 0 Å². The summed E-state index contributed by atoms with van der Waals surface area (Å²) >= 11 is 1.58. The Morgan fingerprint density at radius 3 is 2.42 bits per heavy atom. The van der Waals surface area contributed by atoms with Gasteiger partial charge in [0.25, 0.3) is 0 Å². The Morgan fingerprint density at radius 2 is 1.92 bits per heavy atom. The van der Waals surface area contributed by atoms with Gasteiger partial charge in [-0.15, -0.1) is 24.2 Å². The molecule has 0 saturated heterocycles. The molecule has 0 saturated carbocycles. The molecule has 0 unspecified atom stereocenters. The number of halogens is 1. The second kappa shape index (κ2) is 5.91. The van der Waals surface area contributed by atoms with E-state index in [1.54, 1.807) is 11.8 Å². The third-order valence-electron chi connectivity index (χ3n) is 1.14. The van der Waals surface area contributed by atoms with Crippen molar-refractivity contribution in [2.75, 3.05) is 5.75 Å². The van der Waals surface area contributed by atoms with Crippen molar-refractivity contribution in [2.45, 2.75) is 4.90 Å². The minimum atomic E-state index is 0. The number of benzene rings is 1. The SMILES string of the molecule is Cl.N=C(N)CSc1ccccc1. The largest absolute Gasteiger partial charge is 0.387 e. The topological polar surface area (TPSA) is 49.9 Å². The highest BCUT2D eigenvalue weighted by Gasteiger charge is 1.92. The van der Waals surface area contributed by atoms with Crippen LogP contribution in [-0.2, 0) is 0 Å². The van der Waals surface area contributed by atoms with E-state index >= 15 is 0 Å². The summed E-state index contributed by atoms with van der Waals surface area (Å²) in [6, 6.07) is 9.93. The maximum absolute atomic E-state index is 7.00. The predicted molar refractivity (Wildman–Crippen MR) is 56.3 cm³/mol. The Labute approximate surface area is 82.5 Å². The van der Waals surface area contributed by atoms with Crippen LogP contribution in [0.15, 0.2) is 35.2 Å². The van der Waals surface area contributed by atoms with Crippen molar-refractivity contribution in [1.29, 1.82) is 5.41 Å². The number of nitrogens with one attached hydrogen (secondary N) is 1. The van der Waals surface area contributed by atoms with E-state index in [9.17, 15) is 0 Å². The molecule has 66 valence electrons. The summed E-state index contributed by atoms with van der Waals surface area (Å²) in [5.74, 6) is 0.795. The highest BCUT2D eigenvalue weighted by Crippen LogP contribution is 2.15. The van der Waals surface area contributed by atoms with Gasteiger partial charge in [0.1, 0.15) is 5.84 Å². The molecule has 0 amide bonds. The first-order valence-electron chi connectivity index (χ1n) is 3.30. The molecule has 1 aromatic rings. The van der Waals surface area contributed by atoms with Crippen molar-refractivity contribution in [3.63, 3.8) is 0 Å². The summed E-state index contributed by atoms with van der Waals surface area (Å²) in [6.45, 7) is 0. The normalized spacial score (nSPS) is 8.67. The van der Waals surface area contributed by atoms with Gasteiger partial charge < -0.3 is 5.73 Å². The highest BCUT2D eigenvalue weighted by molar-refractivity contribution is 8.00. The van der Waals surface area contributed by atoms with Gasteiger partial charge in [-0.1, -0.05) is 18.2 Å². The van der Waals surface area contributed by atoms with Crippen LogP contribution >= 0.6 is 24.2 Å². The molecule has 0 radical (unpaired) electrons. The van der Waals surface area contributed by atoms with Crippen molar-refractivity contribution in [2.24, 2.45) is 5.73 Å². The van der Waals surface area contributed by atoms with Crippen molar-refractivity contribution in [1.82, 2.24) is 0 Å². The number of amidine groups is 1. The molecule has 0 aliphatic heterocycles. The molecular formula is C8H11ClN2S. The van der Waals surface area contributed by atoms with E-state index in [0.717, 1.165) is 4.90 Å². The predicted octanol–water partition coefficient (Wildman–Crippen LogP) is 2.14. The standard InChI is InChI=1S/C8H10N2S.ClH/c9-8(10)6-11-7-4-2-1-3-5-7;/h1-5H,6H2,(H3,9,10);1H. The summed E-state index contributed by atoms with van der Waals surface area (Å²) in [4.78, 5) is 1.16. The Kier molecular flexibility index (Phi) is 5.58. The van der Waals surface area contributed by atoms with Gasteiger partial charge in [-0.25, -0.2) is 0 Å². The first-order chi connectivity index (χ1) is 5.29. The van der Waals surface area contributed by atoms with Crippen LogP contribution in [0.1, 0.15) is 0 Å². The van der Waals surface area contributed by atoms with Crippen LogP contribution in [-0.4, -0.2) is 11.6 Å². The van der Waals surface area contributed by atoms with Gasteiger partial charge in [0, 0.05) is 4.90 Å². The van der Waals surface area contributed by atoms with Gasteiger partial charge in [-0.3, -0.25) is 5.41 Å². The fourth-order valence-corrected chi connectivity index (χ4v) is 1.35. The Balaban J connectivity index is 0.00000121. The minimum absolute atomic E-state index is 0. The van der Waals surface area contributed by atoms with E-state index in [1.807, 2.05) is 30.3 Å². The number of hydrogen-bond donors (Lipinski definition) is 2. The molecule has 1 aromatic carbocycles. The van der Waals surface area contributed by atoms with E-state index in [0.29, 0.717) is 5.75 Å². The molecule has 3 N–H and O–H groups in total. The zero-order chi connectivity index (χ0) is 8.10. The molecular weight excluding hydrogens is 192 g/mol. The van der Waals surface area contributed by atoms with Crippen LogP contribution in [0, 0.1) is 5.41 Å². The average Bonchev–Trinajstić information content (AvgIpc) is 2.03. The third kappa shape index (κ3) is 4.26. The number of hydrogen-bond acceptors (Lipinski definition) is 2. The van der Waals surface area contributed by atoms with Crippen LogP contribution in [0.5, 0.6) is 0 Å². The summed E-state index contributed by atoms with van der Waals surface area (Å²) < 4.78 is 0. The molecule has 0 aromatic heterocycles. The zero-order valence-electron chi connectivity index (χ0n) is 6.49. The smallest absolute Gasteiger partial charge is 0.101 e. The van der Waals surface area contributed by atoms with Gasteiger partial charge in [0.2, 0.25) is 0 Å². The van der Waals surface area contributed by atoms with Gasteiger partial charge in [-0.2, -0.15) is 0 Å². The fraction of sp³-hybridized carbons (Fsp3) is 0.125. The lowest BCUT2D eigenvalue weighted by Crippen LogP contribution is -2.11. The maximum Gasteiger partial charge on any atom is 0.101 e. The zero-order valence-corrected chi connectivity index (χ0v) is 8.12. The van der Waals surface area contributed by atoms with Crippen molar-refractivity contribution in [3.05, 3.63) is 30.3 Å². The average molecular weight is 203 g/mol. The van der Waals surface area contributed by atoms with E-state index in [-0.39, 0.29) is 18.2 Å². The number of thioether (sulfide) groups is 1. The molecule has 0 bridgehead atoms. The molecule has 1 rings (SSSR count). The van der Waals surface area contributed by atoms with Crippen LogP contribution in [0.3, 0.4) is 0 Å². The highest BCUT2D eigenvalue weighted by atomic mass is 35.5. The molecule has 0 fully saturated rings. The van der Waals surface area contributed by atoms with Gasteiger partial charge in [-0.05, 0) is 12.1 Å². The van der Waals surface area contributed by atoms with Crippen molar-refractivity contribution in [3.8, 4) is 0 Å². The van der Waals surface area contributed by atoms with Crippen LogP contribution in [0.4, 0.5) is 0 Å². The van der Waals surface area contributed by atoms with E-state index < -0.39 is 0 Å². The van der Waals surface area contributed by atoms with Gasteiger partial charge in [0.05, 0.1) is 5.75 Å². The van der Waals surface area contributed by atoms with Crippen molar-refractivity contribution < 1.29 is 0 Å². The molecule has 0 aliphatic rings. The Bertz CT molecular complexity index is 238. The Morgan fingerprint density at radius 1 is 1.33 bits per heavy atom. The molecule has 4 heteroatoms. The molecule has 12 heavy (non-hydrogen) atoms. The fourth-order valence-electron chi connectivity index (χ4n) is 0.678. The first kappa shape index (κ1) is 11.3. The van der Waals surface area contributed by atoms with E-state index in [4.69, 9.17) is 11.1 Å². The van der Waals surface area contributed by atoms with E-state index in [1.165, 1.54) is 0 Å². The Hall–Kier alpha value is -0.670. The lowest BCUT2D eigenvalue weighted by atomic mass is 10.4. The van der Waals surface area contributed by atoms with Crippen molar-refractivity contribution >= 4 is 30.0 Å². The summed E-state index contributed by atoms with van der Waals surface area (Å²) in [5.41, 5.74) is 5.20. The number of nitrogens with two attached hydrogens (primary N) is 1. The molecule has 0 aliphatic carbocycles. The van der Waals surface area contributed by atoms with Gasteiger partial charge in [0.15, 0.2) is 0 Å². The monoisotopic (exact) mass is 202 g/mol. The summed E-state index contributed by atoms with van der Waals surface area (Å²) in [7, 11) is 0. The molecule has 0 atom stereocenters. The first-order valence-corrected chi connectivity index (χ1v) is 4.28. The second-order valence-electron chi connectivity index (χ2n) is 2.13.